The van der Waals surface area contributed by atoms with Gasteiger partial charge in [0.1, 0.15) is 12.4 Å². The Labute approximate surface area is 107 Å². The predicted octanol–water partition coefficient (Wildman–Crippen LogP) is 3.14. The summed E-state index contributed by atoms with van der Waals surface area (Å²) in [7, 11) is 0. The Hall–Kier alpha value is -1.62. The second-order valence-corrected chi connectivity index (χ2v) is 4.27. The molecule has 0 saturated carbocycles. The Morgan fingerprint density at radius 1 is 1.35 bits per heavy atom. The maximum absolute atomic E-state index is 13.0. The van der Waals surface area contributed by atoms with Crippen LogP contribution in [0.4, 0.5) is 10.1 Å². The van der Waals surface area contributed by atoms with E-state index in [1.54, 1.807) is 6.20 Å². The normalized spacial score (nSPS) is 10.2. The molecule has 1 aromatic heterocycles. The molecular weight excluding hydrogens is 287 g/mol. The second-order valence-electron chi connectivity index (χ2n) is 3.42. The second kappa shape index (κ2) is 5.14. The number of ether oxygens (including phenoxy) is 1. The third-order valence-electron chi connectivity index (χ3n) is 2.13. The molecule has 2 aromatic rings. The van der Waals surface area contributed by atoms with Crippen molar-refractivity contribution in [2.75, 3.05) is 5.73 Å². The van der Waals surface area contributed by atoms with E-state index < -0.39 is 5.82 Å². The molecule has 0 radical (unpaired) electrons. The summed E-state index contributed by atoms with van der Waals surface area (Å²) < 4.78 is 19.0. The lowest BCUT2D eigenvalue weighted by Gasteiger charge is -2.10. The molecule has 2 rings (SSSR count). The molecule has 0 spiro atoms. The van der Waals surface area contributed by atoms with E-state index in [9.17, 15) is 4.39 Å². The number of benzene rings is 1. The van der Waals surface area contributed by atoms with Gasteiger partial charge in [-0.15, -0.1) is 0 Å². The van der Waals surface area contributed by atoms with Crippen molar-refractivity contribution in [1.82, 2.24) is 4.98 Å². The van der Waals surface area contributed by atoms with Crippen LogP contribution in [-0.2, 0) is 6.61 Å². The summed E-state index contributed by atoms with van der Waals surface area (Å²) in [6.07, 6.45) is 1.68. The molecule has 1 aromatic carbocycles. The third-order valence-corrected chi connectivity index (χ3v) is 2.72. The zero-order valence-corrected chi connectivity index (χ0v) is 10.4. The molecule has 0 saturated heterocycles. The fraction of sp³-hybridized carbons (Fsp3) is 0.0833. The van der Waals surface area contributed by atoms with Gasteiger partial charge >= 0.3 is 0 Å². The van der Waals surface area contributed by atoms with Gasteiger partial charge in [0.2, 0.25) is 0 Å². The molecule has 0 fully saturated rings. The van der Waals surface area contributed by atoms with Crippen LogP contribution in [0.1, 0.15) is 5.69 Å². The Morgan fingerprint density at radius 2 is 2.18 bits per heavy atom. The zero-order valence-electron chi connectivity index (χ0n) is 8.86. The number of nitrogen functional groups attached to an aromatic ring is 1. The van der Waals surface area contributed by atoms with Gasteiger partial charge in [-0.2, -0.15) is 0 Å². The maximum Gasteiger partial charge on any atom is 0.157 e. The highest BCUT2D eigenvalue weighted by Gasteiger charge is 2.08. The number of anilines is 1. The highest BCUT2D eigenvalue weighted by atomic mass is 79.9. The standard InChI is InChI=1S/C12H10BrFN2O/c13-10-5-8(14)6-11(15)12(10)17-7-9-3-1-2-4-16-9/h1-6H,7,15H2. The lowest BCUT2D eigenvalue weighted by atomic mass is 10.3. The quantitative estimate of drug-likeness (QED) is 0.885. The third kappa shape index (κ3) is 2.94. The molecule has 0 aliphatic heterocycles. The molecule has 5 heteroatoms. The first kappa shape index (κ1) is 11.9. The maximum atomic E-state index is 13.0. The van der Waals surface area contributed by atoms with Crippen LogP contribution in [0.5, 0.6) is 5.75 Å². The Kier molecular flexibility index (Phi) is 3.58. The van der Waals surface area contributed by atoms with Crippen LogP contribution in [0, 0.1) is 5.82 Å². The number of aromatic nitrogens is 1. The van der Waals surface area contributed by atoms with Gasteiger partial charge in [0.15, 0.2) is 5.75 Å². The smallest absolute Gasteiger partial charge is 0.157 e. The summed E-state index contributed by atoms with van der Waals surface area (Å²) in [4.78, 5) is 4.12. The molecule has 1 heterocycles. The van der Waals surface area contributed by atoms with E-state index in [2.05, 4.69) is 20.9 Å². The van der Waals surface area contributed by atoms with Crippen LogP contribution in [-0.4, -0.2) is 4.98 Å². The molecule has 17 heavy (non-hydrogen) atoms. The zero-order chi connectivity index (χ0) is 12.3. The SMILES string of the molecule is Nc1cc(F)cc(Br)c1OCc1ccccn1. The van der Waals surface area contributed by atoms with Crippen molar-refractivity contribution >= 4 is 21.6 Å². The minimum absolute atomic E-state index is 0.257. The highest BCUT2D eigenvalue weighted by Crippen LogP contribution is 2.32. The number of nitrogens with two attached hydrogens (primary N) is 1. The lowest BCUT2D eigenvalue weighted by molar-refractivity contribution is 0.300. The first-order valence-corrected chi connectivity index (χ1v) is 5.73. The largest absolute Gasteiger partial charge is 0.484 e. The first-order chi connectivity index (χ1) is 8.16. The van der Waals surface area contributed by atoms with Gasteiger partial charge in [0.05, 0.1) is 15.9 Å². The van der Waals surface area contributed by atoms with Gasteiger partial charge in [-0.25, -0.2) is 4.39 Å². The fourth-order valence-electron chi connectivity index (χ4n) is 1.36. The van der Waals surface area contributed by atoms with E-state index in [0.717, 1.165) is 5.69 Å². The summed E-state index contributed by atoms with van der Waals surface area (Å²) in [5, 5.41) is 0. The van der Waals surface area contributed by atoms with Crippen molar-refractivity contribution in [3.63, 3.8) is 0 Å². The van der Waals surface area contributed by atoms with Crippen LogP contribution < -0.4 is 10.5 Å². The van der Waals surface area contributed by atoms with Crippen molar-refractivity contribution in [2.45, 2.75) is 6.61 Å². The topological polar surface area (TPSA) is 48.1 Å². The van der Waals surface area contributed by atoms with Gasteiger partial charge in [-0.1, -0.05) is 6.07 Å². The molecule has 0 unspecified atom stereocenters. The van der Waals surface area contributed by atoms with E-state index >= 15 is 0 Å². The van der Waals surface area contributed by atoms with Crippen LogP contribution in [0.25, 0.3) is 0 Å². The Morgan fingerprint density at radius 3 is 2.82 bits per heavy atom. The molecule has 0 bridgehead atoms. The number of hydrogen-bond acceptors (Lipinski definition) is 3. The van der Waals surface area contributed by atoms with E-state index in [1.165, 1.54) is 12.1 Å². The van der Waals surface area contributed by atoms with Crippen molar-refractivity contribution in [3.05, 3.63) is 52.5 Å². The molecule has 3 nitrogen and oxygen atoms in total. The minimum atomic E-state index is -0.403. The van der Waals surface area contributed by atoms with Gasteiger partial charge in [-0.05, 0) is 34.1 Å². The van der Waals surface area contributed by atoms with Crippen LogP contribution in [0.2, 0.25) is 0 Å². The number of rotatable bonds is 3. The summed E-state index contributed by atoms with van der Waals surface area (Å²) in [6.45, 7) is 0.287. The molecule has 0 aliphatic rings. The summed E-state index contributed by atoms with van der Waals surface area (Å²) in [5.74, 6) is 0.0246. The van der Waals surface area contributed by atoms with Gasteiger partial charge in [0.25, 0.3) is 0 Å². The van der Waals surface area contributed by atoms with Gasteiger partial charge in [-0.3, -0.25) is 4.98 Å². The first-order valence-electron chi connectivity index (χ1n) is 4.94. The van der Waals surface area contributed by atoms with Crippen molar-refractivity contribution in [3.8, 4) is 5.75 Å². The molecule has 0 aliphatic carbocycles. The van der Waals surface area contributed by atoms with E-state index in [0.29, 0.717) is 10.2 Å². The van der Waals surface area contributed by atoms with Crippen molar-refractivity contribution < 1.29 is 9.13 Å². The van der Waals surface area contributed by atoms with Gasteiger partial charge in [0, 0.05) is 12.3 Å². The molecular formula is C12H10BrFN2O. The summed E-state index contributed by atoms with van der Waals surface area (Å²) >= 11 is 3.21. The minimum Gasteiger partial charge on any atom is -0.484 e. The van der Waals surface area contributed by atoms with Crippen LogP contribution in [0.3, 0.4) is 0 Å². The fourth-order valence-corrected chi connectivity index (χ4v) is 1.92. The highest BCUT2D eigenvalue weighted by molar-refractivity contribution is 9.10. The Bertz CT molecular complexity index is 496. The van der Waals surface area contributed by atoms with E-state index in [4.69, 9.17) is 10.5 Å². The number of hydrogen-bond donors (Lipinski definition) is 1. The molecule has 2 N–H and O–H groups in total. The number of pyridine rings is 1. The predicted molar refractivity (Wildman–Crippen MR) is 67.1 cm³/mol. The molecule has 88 valence electrons. The average molecular weight is 297 g/mol. The number of nitrogens with zero attached hydrogens (tertiary/aromatic N) is 1. The van der Waals surface area contributed by atoms with Crippen LogP contribution >= 0.6 is 15.9 Å². The van der Waals surface area contributed by atoms with Crippen molar-refractivity contribution in [2.24, 2.45) is 0 Å². The van der Waals surface area contributed by atoms with Crippen molar-refractivity contribution in [1.29, 1.82) is 0 Å². The monoisotopic (exact) mass is 296 g/mol. The Balaban J connectivity index is 2.15. The van der Waals surface area contributed by atoms with E-state index in [-0.39, 0.29) is 12.3 Å². The van der Waals surface area contributed by atoms with Crippen LogP contribution in [0.15, 0.2) is 41.0 Å². The number of halogens is 2. The van der Waals surface area contributed by atoms with E-state index in [1.807, 2.05) is 18.2 Å². The van der Waals surface area contributed by atoms with Gasteiger partial charge < -0.3 is 10.5 Å². The molecule has 0 amide bonds. The lowest BCUT2D eigenvalue weighted by Crippen LogP contribution is -2.01. The summed E-state index contributed by atoms with van der Waals surface area (Å²) in [5.41, 5.74) is 6.71. The summed E-state index contributed by atoms with van der Waals surface area (Å²) in [6, 6.07) is 8.07. The average Bonchev–Trinajstić information content (AvgIpc) is 2.29. The molecule has 0 atom stereocenters.